The molecule has 1 heterocycles. The van der Waals surface area contributed by atoms with Gasteiger partial charge >= 0.3 is 0 Å². The third kappa shape index (κ3) is 6.96. The number of guanidine groups is 1. The minimum Gasteiger partial charge on any atom is -0.356 e. The summed E-state index contributed by atoms with van der Waals surface area (Å²) in [5.41, 5.74) is 0.377. The van der Waals surface area contributed by atoms with Gasteiger partial charge in [0.25, 0.3) is 0 Å². The number of hydrogen-bond acceptors (Lipinski definition) is 3. The van der Waals surface area contributed by atoms with Crippen LogP contribution < -0.4 is 10.0 Å². The van der Waals surface area contributed by atoms with Gasteiger partial charge < -0.3 is 10.2 Å². The number of nitrogens with one attached hydrogen (secondary N) is 2. The van der Waals surface area contributed by atoms with Crippen molar-refractivity contribution in [2.75, 3.05) is 39.5 Å². The van der Waals surface area contributed by atoms with Gasteiger partial charge in [-0.3, -0.25) is 4.99 Å². The second kappa shape index (κ2) is 8.72. The Morgan fingerprint density at radius 3 is 2.68 bits per heavy atom. The van der Waals surface area contributed by atoms with Gasteiger partial charge in [0, 0.05) is 33.2 Å². The molecule has 0 spiro atoms. The van der Waals surface area contributed by atoms with Crippen LogP contribution in [0.5, 0.6) is 0 Å². The zero-order chi connectivity index (χ0) is 16.6. The lowest BCUT2D eigenvalue weighted by Gasteiger charge is -2.42. The van der Waals surface area contributed by atoms with E-state index < -0.39 is 10.0 Å². The van der Waals surface area contributed by atoms with E-state index >= 15 is 0 Å². The van der Waals surface area contributed by atoms with Crippen LogP contribution in [-0.2, 0) is 10.0 Å². The quantitative estimate of drug-likeness (QED) is 0.420. The molecule has 1 atom stereocenters. The highest BCUT2D eigenvalue weighted by Crippen LogP contribution is 2.33. The van der Waals surface area contributed by atoms with Gasteiger partial charge in [-0.25, -0.2) is 13.1 Å². The molecule has 0 aromatic rings. The molecule has 6 nitrogen and oxygen atoms in total. The van der Waals surface area contributed by atoms with Gasteiger partial charge in [-0.1, -0.05) is 20.3 Å². The highest BCUT2D eigenvalue weighted by atomic mass is 32.2. The number of rotatable bonds is 7. The van der Waals surface area contributed by atoms with Crippen molar-refractivity contribution >= 4 is 16.0 Å². The Balaban J connectivity index is 2.41. The molecule has 1 aliphatic heterocycles. The first-order valence-corrected chi connectivity index (χ1v) is 10.1. The Hall–Kier alpha value is -0.820. The Morgan fingerprint density at radius 2 is 2.09 bits per heavy atom. The number of piperidine rings is 1. The molecule has 0 amide bonds. The van der Waals surface area contributed by atoms with Gasteiger partial charge in [-0.15, -0.1) is 0 Å². The Labute approximate surface area is 135 Å². The van der Waals surface area contributed by atoms with E-state index in [1.165, 1.54) is 31.9 Å². The van der Waals surface area contributed by atoms with Crippen LogP contribution >= 0.6 is 0 Å². The van der Waals surface area contributed by atoms with Gasteiger partial charge in [-0.2, -0.15) is 0 Å². The topological polar surface area (TPSA) is 73.8 Å². The van der Waals surface area contributed by atoms with Crippen molar-refractivity contribution in [3.05, 3.63) is 0 Å². The van der Waals surface area contributed by atoms with Crippen LogP contribution in [0.15, 0.2) is 4.99 Å². The van der Waals surface area contributed by atoms with Gasteiger partial charge in [0.2, 0.25) is 10.0 Å². The number of likely N-dealkylation sites (tertiary alicyclic amines) is 1. The van der Waals surface area contributed by atoms with Crippen molar-refractivity contribution < 1.29 is 8.42 Å². The zero-order valence-corrected chi connectivity index (χ0v) is 15.3. The van der Waals surface area contributed by atoms with Crippen molar-refractivity contribution in [1.29, 1.82) is 0 Å². The molecule has 0 aromatic heterocycles. The Kier molecular flexibility index (Phi) is 7.62. The average molecular weight is 333 g/mol. The minimum atomic E-state index is -3.09. The van der Waals surface area contributed by atoms with E-state index in [1.807, 2.05) is 7.05 Å². The Bertz CT molecular complexity index is 460. The molecule has 1 rings (SSSR count). The van der Waals surface area contributed by atoms with Crippen molar-refractivity contribution in [2.45, 2.75) is 46.0 Å². The van der Waals surface area contributed by atoms with Crippen molar-refractivity contribution in [1.82, 2.24) is 14.9 Å². The molecule has 7 heteroatoms. The van der Waals surface area contributed by atoms with Gasteiger partial charge in [0.15, 0.2) is 5.96 Å². The molecule has 22 heavy (non-hydrogen) atoms. The van der Waals surface area contributed by atoms with E-state index in [9.17, 15) is 8.42 Å². The van der Waals surface area contributed by atoms with Crippen LogP contribution in [0.3, 0.4) is 0 Å². The van der Waals surface area contributed by atoms with Crippen molar-refractivity contribution in [3.63, 3.8) is 0 Å². The smallest absolute Gasteiger partial charge is 0.208 e. The lowest BCUT2D eigenvalue weighted by Crippen LogP contribution is -2.50. The van der Waals surface area contributed by atoms with E-state index in [4.69, 9.17) is 0 Å². The monoisotopic (exact) mass is 332 g/mol. The predicted molar refractivity (Wildman–Crippen MR) is 92.6 cm³/mol. The Morgan fingerprint density at radius 1 is 1.36 bits per heavy atom. The van der Waals surface area contributed by atoms with E-state index in [2.05, 4.69) is 33.8 Å². The number of hydrogen-bond donors (Lipinski definition) is 2. The maximum Gasteiger partial charge on any atom is 0.208 e. The minimum absolute atomic E-state index is 0.377. The average Bonchev–Trinajstić information content (AvgIpc) is 2.41. The third-order valence-electron chi connectivity index (χ3n) is 4.15. The van der Waals surface area contributed by atoms with Crippen LogP contribution in [0.2, 0.25) is 0 Å². The fourth-order valence-corrected chi connectivity index (χ4v) is 3.70. The predicted octanol–water partition coefficient (Wildman–Crippen LogP) is 1.40. The summed E-state index contributed by atoms with van der Waals surface area (Å²) in [6.07, 6.45) is 6.87. The van der Waals surface area contributed by atoms with Crippen molar-refractivity contribution in [3.8, 4) is 0 Å². The molecular weight excluding hydrogens is 300 g/mol. The molecule has 1 fully saturated rings. The number of aliphatic imine (C=N–C) groups is 1. The summed E-state index contributed by atoms with van der Waals surface area (Å²) >= 11 is 0. The summed E-state index contributed by atoms with van der Waals surface area (Å²) in [6.45, 7) is 7.87. The lowest BCUT2D eigenvalue weighted by atomic mass is 9.78. The summed E-state index contributed by atoms with van der Waals surface area (Å²) in [7, 11) is -1.28. The molecule has 0 aliphatic carbocycles. The first-order chi connectivity index (χ1) is 10.3. The molecule has 0 saturated carbocycles. The van der Waals surface area contributed by atoms with Gasteiger partial charge in [-0.05, 0) is 31.1 Å². The summed E-state index contributed by atoms with van der Waals surface area (Å²) < 4.78 is 24.5. The van der Waals surface area contributed by atoms with Crippen LogP contribution in [0.4, 0.5) is 0 Å². The van der Waals surface area contributed by atoms with E-state index in [1.54, 1.807) is 0 Å². The van der Waals surface area contributed by atoms with E-state index in [-0.39, 0.29) is 0 Å². The fourth-order valence-electron chi connectivity index (χ4n) is 3.18. The summed E-state index contributed by atoms with van der Waals surface area (Å²) in [5.74, 6) is 0.932. The third-order valence-corrected chi connectivity index (χ3v) is 4.88. The normalized spacial score (nSPS) is 23.6. The number of nitrogens with zero attached hydrogens (tertiary/aromatic N) is 2. The second-order valence-corrected chi connectivity index (χ2v) is 8.41. The summed E-state index contributed by atoms with van der Waals surface area (Å²) in [4.78, 5) is 6.71. The molecule has 2 N–H and O–H groups in total. The summed E-state index contributed by atoms with van der Waals surface area (Å²) in [6, 6.07) is 0. The molecule has 1 saturated heterocycles. The van der Waals surface area contributed by atoms with Crippen LogP contribution in [0, 0.1) is 5.41 Å². The standard InChI is InChI=1S/C15H32N4O2S/c1-5-8-15(2)9-6-12-19(13-15)14(16-3)17-10-7-11-18-22(4,20)21/h18H,5-13H2,1-4H3,(H,16,17). The van der Waals surface area contributed by atoms with E-state index in [0.717, 1.165) is 32.0 Å². The molecule has 130 valence electrons. The SMILES string of the molecule is CCCC1(C)CCCN(C(=NC)NCCCNS(C)(=O)=O)C1. The maximum atomic E-state index is 11.0. The molecular formula is C15H32N4O2S. The second-order valence-electron chi connectivity index (χ2n) is 6.58. The zero-order valence-electron chi connectivity index (χ0n) is 14.5. The van der Waals surface area contributed by atoms with Crippen LogP contribution in [-0.4, -0.2) is 58.8 Å². The first-order valence-electron chi connectivity index (χ1n) is 8.20. The van der Waals surface area contributed by atoms with Crippen LogP contribution in [0.25, 0.3) is 0 Å². The largest absolute Gasteiger partial charge is 0.356 e. The fraction of sp³-hybridized carbons (Fsp3) is 0.933. The molecule has 1 aliphatic rings. The lowest BCUT2D eigenvalue weighted by molar-refractivity contribution is 0.142. The highest BCUT2D eigenvalue weighted by Gasteiger charge is 2.31. The van der Waals surface area contributed by atoms with Crippen molar-refractivity contribution in [2.24, 2.45) is 10.4 Å². The molecule has 0 radical (unpaired) electrons. The number of sulfonamides is 1. The molecule has 0 aromatic carbocycles. The van der Waals surface area contributed by atoms with Gasteiger partial charge in [0.1, 0.15) is 0 Å². The van der Waals surface area contributed by atoms with Crippen LogP contribution in [0.1, 0.15) is 46.0 Å². The first kappa shape index (κ1) is 19.2. The van der Waals surface area contributed by atoms with E-state index in [0.29, 0.717) is 12.0 Å². The maximum absolute atomic E-state index is 11.0. The highest BCUT2D eigenvalue weighted by molar-refractivity contribution is 7.88. The molecule has 1 unspecified atom stereocenters. The summed E-state index contributed by atoms with van der Waals surface area (Å²) in [5, 5.41) is 3.35. The van der Waals surface area contributed by atoms with Gasteiger partial charge in [0.05, 0.1) is 6.26 Å². The molecule has 0 bridgehead atoms.